The van der Waals surface area contributed by atoms with E-state index in [1.807, 2.05) is 4.72 Å². The predicted molar refractivity (Wildman–Crippen MR) is 75.1 cm³/mol. The lowest BCUT2D eigenvalue weighted by Gasteiger charge is -2.15. The second-order valence-electron chi connectivity index (χ2n) is 4.00. The average Bonchev–Trinajstić information content (AvgIpc) is 2.37. The minimum absolute atomic E-state index is 0.00282. The third kappa shape index (κ3) is 4.85. The number of aliphatic carboxylic acids is 2. The molecule has 0 spiro atoms. The van der Waals surface area contributed by atoms with Gasteiger partial charge in [0.25, 0.3) is 0 Å². The summed E-state index contributed by atoms with van der Waals surface area (Å²) in [5.74, 6) is -2.72. The van der Waals surface area contributed by atoms with Gasteiger partial charge in [0.15, 0.2) is 0 Å². The van der Waals surface area contributed by atoms with Crippen molar-refractivity contribution < 1.29 is 28.2 Å². The molecule has 0 aliphatic rings. The van der Waals surface area contributed by atoms with Crippen molar-refractivity contribution in [3.05, 3.63) is 28.2 Å². The van der Waals surface area contributed by atoms with Crippen molar-refractivity contribution in [3.63, 3.8) is 0 Å². The molecule has 7 nitrogen and oxygen atoms in total. The summed E-state index contributed by atoms with van der Waals surface area (Å²) in [5, 5.41) is 17.2. The van der Waals surface area contributed by atoms with Crippen molar-refractivity contribution in [1.82, 2.24) is 4.72 Å². The molecule has 1 aromatic rings. The Morgan fingerprint density at radius 1 is 1.24 bits per heavy atom. The minimum Gasteiger partial charge on any atom is -0.481 e. The van der Waals surface area contributed by atoms with E-state index in [0.29, 0.717) is 0 Å². The number of carbonyl (C=O) groups is 2. The summed E-state index contributed by atoms with van der Waals surface area (Å²) in [5.41, 5.74) is 0. The monoisotopic (exact) mass is 355 g/mol. The molecule has 0 fully saturated rings. The van der Waals surface area contributed by atoms with Gasteiger partial charge in [0, 0.05) is 6.42 Å². The molecule has 0 heterocycles. The van der Waals surface area contributed by atoms with E-state index >= 15 is 0 Å². The second-order valence-corrected chi connectivity index (χ2v) is 6.46. The summed E-state index contributed by atoms with van der Waals surface area (Å²) in [6.07, 6.45) is -0.898. The second kappa shape index (κ2) is 7.08. The molecule has 0 amide bonds. The molecule has 0 saturated heterocycles. The number of sulfonamides is 1. The maximum atomic E-state index is 12.1. The smallest absolute Gasteiger partial charge is 0.321 e. The van der Waals surface area contributed by atoms with E-state index in [-0.39, 0.29) is 14.9 Å². The van der Waals surface area contributed by atoms with Gasteiger partial charge >= 0.3 is 11.9 Å². The van der Waals surface area contributed by atoms with Crippen LogP contribution in [-0.2, 0) is 19.6 Å². The molecule has 3 N–H and O–H groups in total. The Morgan fingerprint density at radius 2 is 1.86 bits per heavy atom. The Bertz CT molecular complexity index is 661. The SMILES string of the molecule is O=C(O)CCC(NS(=O)(=O)c1cccc(Cl)c1Cl)C(=O)O. The quantitative estimate of drug-likeness (QED) is 0.682. The largest absolute Gasteiger partial charge is 0.481 e. The van der Waals surface area contributed by atoms with E-state index in [1.54, 1.807) is 0 Å². The van der Waals surface area contributed by atoms with Crippen molar-refractivity contribution in [2.45, 2.75) is 23.8 Å². The molecule has 1 atom stereocenters. The predicted octanol–water partition coefficient (Wildman–Crippen LogP) is 1.59. The van der Waals surface area contributed by atoms with Crippen LogP contribution < -0.4 is 4.72 Å². The summed E-state index contributed by atoms with van der Waals surface area (Å²) >= 11 is 11.5. The molecular weight excluding hydrogens is 345 g/mol. The number of halogens is 2. The molecule has 0 aromatic heterocycles. The highest BCUT2D eigenvalue weighted by atomic mass is 35.5. The molecule has 1 rings (SSSR count). The van der Waals surface area contributed by atoms with Crippen LogP contribution in [0, 0.1) is 0 Å². The molecular formula is C11H11Cl2NO6S. The van der Waals surface area contributed by atoms with Gasteiger partial charge in [-0.05, 0) is 18.6 Å². The summed E-state index contributed by atoms with van der Waals surface area (Å²) in [4.78, 5) is 21.1. The number of nitrogens with one attached hydrogen (secondary N) is 1. The topological polar surface area (TPSA) is 121 Å². The maximum absolute atomic E-state index is 12.1. The number of benzene rings is 1. The normalized spacial score (nSPS) is 12.9. The molecule has 21 heavy (non-hydrogen) atoms. The first kappa shape index (κ1) is 17.7. The minimum atomic E-state index is -4.25. The molecule has 0 bridgehead atoms. The highest BCUT2D eigenvalue weighted by molar-refractivity contribution is 7.89. The molecule has 0 radical (unpaired) electrons. The zero-order valence-corrected chi connectivity index (χ0v) is 12.7. The van der Waals surface area contributed by atoms with Crippen LogP contribution in [0.1, 0.15) is 12.8 Å². The Balaban J connectivity index is 3.03. The first-order valence-electron chi connectivity index (χ1n) is 5.56. The lowest BCUT2D eigenvalue weighted by Crippen LogP contribution is -2.41. The van der Waals surface area contributed by atoms with Gasteiger partial charge in [-0.2, -0.15) is 4.72 Å². The lowest BCUT2D eigenvalue weighted by molar-refractivity contribution is -0.140. The van der Waals surface area contributed by atoms with E-state index < -0.39 is 40.8 Å². The van der Waals surface area contributed by atoms with Gasteiger partial charge in [-0.25, -0.2) is 8.42 Å². The van der Waals surface area contributed by atoms with Crippen LogP contribution in [0.5, 0.6) is 0 Å². The zero-order valence-electron chi connectivity index (χ0n) is 10.4. The van der Waals surface area contributed by atoms with Crippen molar-refractivity contribution in [2.75, 3.05) is 0 Å². The van der Waals surface area contributed by atoms with Crippen LogP contribution in [0.25, 0.3) is 0 Å². The highest BCUT2D eigenvalue weighted by Gasteiger charge is 2.27. The fourth-order valence-corrected chi connectivity index (χ4v) is 3.43. The molecule has 0 aliphatic carbocycles. The van der Waals surface area contributed by atoms with E-state index in [4.69, 9.17) is 33.4 Å². The molecule has 0 aliphatic heterocycles. The van der Waals surface area contributed by atoms with Crippen molar-refractivity contribution in [2.24, 2.45) is 0 Å². The molecule has 0 saturated carbocycles. The molecule has 1 unspecified atom stereocenters. The Labute approximate surface area is 130 Å². The number of rotatable bonds is 7. The molecule has 10 heteroatoms. The Morgan fingerprint density at radius 3 is 2.38 bits per heavy atom. The van der Waals surface area contributed by atoms with Gasteiger partial charge in [0.1, 0.15) is 10.9 Å². The van der Waals surface area contributed by atoms with Crippen molar-refractivity contribution in [3.8, 4) is 0 Å². The summed E-state index contributed by atoms with van der Waals surface area (Å²) in [6, 6.07) is 2.30. The van der Waals surface area contributed by atoms with Crippen LogP contribution in [0.15, 0.2) is 23.1 Å². The van der Waals surface area contributed by atoms with Crippen LogP contribution in [0.2, 0.25) is 10.0 Å². The first-order chi connectivity index (χ1) is 9.65. The van der Waals surface area contributed by atoms with E-state index in [0.717, 1.165) is 6.07 Å². The first-order valence-corrected chi connectivity index (χ1v) is 7.80. The fourth-order valence-electron chi connectivity index (χ4n) is 1.44. The summed E-state index contributed by atoms with van der Waals surface area (Å²) in [7, 11) is -4.25. The lowest BCUT2D eigenvalue weighted by atomic mass is 10.2. The third-order valence-corrected chi connectivity index (χ3v) is 4.89. The summed E-state index contributed by atoms with van der Waals surface area (Å²) < 4.78 is 26.1. The number of carboxylic acids is 2. The molecule has 116 valence electrons. The van der Waals surface area contributed by atoms with Crippen LogP contribution in [-0.4, -0.2) is 36.6 Å². The van der Waals surface area contributed by atoms with Gasteiger partial charge in [0.2, 0.25) is 10.0 Å². The zero-order chi connectivity index (χ0) is 16.2. The van der Waals surface area contributed by atoms with Crippen LogP contribution >= 0.6 is 23.2 Å². The Hall–Kier alpha value is -1.35. The van der Waals surface area contributed by atoms with E-state index in [2.05, 4.69) is 0 Å². The van der Waals surface area contributed by atoms with Gasteiger partial charge < -0.3 is 10.2 Å². The average molecular weight is 356 g/mol. The fraction of sp³-hybridized carbons (Fsp3) is 0.273. The number of hydrogen-bond donors (Lipinski definition) is 3. The molecule has 1 aromatic carbocycles. The Kier molecular flexibility index (Phi) is 5.97. The maximum Gasteiger partial charge on any atom is 0.321 e. The number of hydrogen-bond acceptors (Lipinski definition) is 4. The van der Waals surface area contributed by atoms with Gasteiger partial charge in [-0.3, -0.25) is 9.59 Å². The highest BCUT2D eigenvalue weighted by Crippen LogP contribution is 2.29. The van der Waals surface area contributed by atoms with E-state index in [1.165, 1.54) is 12.1 Å². The van der Waals surface area contributed by atoms with Crippen molar-refractivity contribution >= 4 is 45.2 Å². The standard InChI is InChI=1S/C11H11Cl2NO6S/c12-6-2-1-3-8(10(6)13)21(19,20)14-7(11(17)18)4-5-9(15)16/h1-3,7,14H,4-5H2,(H,15,16)(H,17,18). The van der Waals surface area contributed by atoms with Crippen LogP contribution in [0.4, 0.5) is 0 Å². The van der Waals surface area contributed by atoms with Gasteiger partial charge in [0.05, 0.1) is 10.0 Å². The van der Waals surface area contributed by atoms with E-state index in [9.17, 15) is 18.0 Å². The number of carboxylic acid groups (broad SMARTS) is 2. The van der Waals surface area contributed by atoms with Gasteiger partial charge in [-0.15, -0.1) is 0 Å². The summed E-state index contributed by atoms with van der Waals surface area (Å²) in [6.45, 7) is 0. The van der Waals surface area contributed by atoms with Crippen molar-refractivity contribution in [1.29, 1.82) is 0 Å². The third-order valence-electron chi connectivity index (χ3n) is 2.45. The van der Waals surface area contributed by atoms with Crippen LogP contribution in [0.3, 0.4) is 0 Å². The van der Waals surface area contributed by atoms with Gasteiger partial charge in [-0.1, -0.05) is 29.3 Å².